The molecule has 5 N–H and O–H groups in total. The van der Waals surface area contributed by atoms with Crippen LogP contribution in [0.4, 0.5) is 5.82 Å². The fourth-order valence-electron chi connectivity index (χ4n) is 4.68. The number of nitrogens with one attached hydrogen (secondary N) is 1. The average molecular weight is 695 g/mol. The average Bonchev–Trinajstić information content (AvgIpc) is 3.29. The summed E-state index contributed by atoms with van der Waals surface area (Å²) in [5, 5.41) is 3.50. The van der Waals surface area contributed by atoms with Gasteiger partial charge in [0.1, 0.15) is 40.8 Å². The smallest absolute Gasteiger partial charge is 0.394 e. The van der Waals surface area contributed by atoms with Crippen LogP contribution in [0.5, 0.6) is 17.2 Å². The summed E-state index contributed by atoms with van der Waals surface area (Å²) in [5.74, 6) is 0.731. The number of ether oxygens (including phenoxy) is 3. The van der Waals surface area contributed by atoms with E-state index in [-0.39, 0.29) is 17.9 Å². The van der Waals surface area contributed by atoms with Crippen molar-refractivity contribution in [2.24, 2.45) is 5.73 Å². The van der Waals surface area contributed by atoms with E-state index in [0.717, 1.165) is 5.39 Å². The normalized spacial score (nSPS) is 12.3. The summed E-state index contributed by atoms with van der Waals surface area (Å²) in [4.78, 5) is 47.9. The number of aromatic nitrogens is 4. The number of carbonyl (C=O) groups excluding carboxylic acids is 2. The molecule has 0 saturated heterocycles. The van der Waals surface area contributed by atoms with E-state index in [1.165, 1.54) is 17.8 Å². The molecule has 1 amide bonds. The van der Waals surface area contributed by atoms with E-state index in [1.54, 1.807) is 74.3 Å². The second kappa shape index (κ2) is 15.5. The molecule has 0 radical (unpaired) electrons. The number of anilines is 1. The highest BCUT2D eigenvalue weighted by Gasteiger charge is 2.26. The number of hydrogen-bond acceptors (Lipinski definition) is 11. The van der Waals surface area contributed by atoms with Gasteiger partial charge in [0.2, 0.25) is 0 Å². The Bertz CT molecular complexity index is 2110. The third kappa shape index (κ3) is 9.48. The van der Waals surface area contributed by atoms with Crippen LogP contribution in [0.25, 0.3) is 16.6 Å². The number of hydrogen-bond donors (Lipinski definition) is 4. The molecule has 2 atom stereocenters. The number of para-hydroxylation sites is 1. The molecule has 0 bridgehead atoms. The number of pyridine rings is 2. The predicted molar refractivity (Wildman–Crippen MR) is 179 cm³/mol. The van der Waals surface area contributed by atoms with Crippen molar-refractivity contribution in [1.29, 1.82) is 0 Å². The third-order valence-corrected chi connectivity index (χ3v) is 6.86. The summed E-state index contributed by atoms with van der Waals surface area (Å²) in [6.45, 7) is 5.00. The molecule has 0 fully saturated rings. The van der Waals surface area contributed by atoms with Crippen molar-refractivity contribution in [1.82, 2.24) is 19.3 Å². The summed E-state index contributed by atoms with van der Waals surface area (Å²) in [6.07, 6.45) is 2.48. The molecule has 2 aromatic carbocycles. The molecule has 0 aliphatic heterocycles. The van der Waals surface area contributed by atoms with Gasteiger partial charge in [-0.2, -0.15) is 8.42 Å². The van der Waals surface area contributed by atoms with Crippen molar-refractivity contribution in [3.63, 3.8) is 0 Å². The Hall–Kier alpha value is -5.62. The van der Waals surface area contributed by atoms with Gasteiger partial charge in [0.15, 0.2) is 0 Å². The van der Waals surface area contributed by atoms with Gasteiger partial charge < -0.3 is 25.3 Å². The number of fused-ring (bicyclic) bond motifs is 1. The lowest BCUT2D eigenvalue weighted by molar-refractivity contribution is -0.150. The van der Waals surface area contributed by atoms with Crippen LogP contribution >= 0.6 is 0 Å². The monoisotopic (exact) mass is 694 g/mol. The molecule has 16 nitrogen and oxygen atoms in total. The lowest BCUT2D eigenvalue weighted by Gasteiger charge is -2.19. The van der Waals surface area contributed by atoms with Gasteiger partial charge in [0, 0.05) is 17.6 Å². The lowest BCUT2D eigenvalue weighted by Crippen LogP contribution is -2.34. The Morgan fingerprint density at radius 1 is 1.00 bits per heavy atom. The number of amides is 1. The molecule has 0 aliphatic carbocycles. The van der Waals surface area contributed by atoms with Crippen LogP contribution in [0.3, 0.4) is 0 Å². The maximum atomic E-state index is 13.7. The molecular formula is C32H34N6O10S. The van der Waals surface area contributed by atoms with E-state index in [0.29, 0.717) is 34.1 Å². The van der Waals surface area contributed by atoms with E-state index in [1.807, 2.05) is 24.3 Å². The van der Waals surface area contributed by atoms with E-state index in [9.17, 15) is 14.4 Å². The Morgan fingerprint density at radius 3 is 2.29 bits per heavy atom. The van der Waals surface area contributed by atoms with Gasteiger partial charge in [0.25, 0.3) is 11.5 Å². The fourth-order valence-corrected chi connectivity index (χ4v) is 4.68. The quantitative estimate of drug-likeness (QED) is 0.121. The minimum atomic E-state index is -4.67. The van der Waals surface area contributed by atoms with Crippen molar-refractivity contribution < 1.29 is 41.3 Å². The van der Waals surface area contributed by atoms with E-state index >= 15 is 0 Å². The van der Waals surface area contributed by atoms with Crippen LogP contribution in [0, 0.1) is 6.92 Å². The van der Waals surface area contributed by atoms with E-state index in [4.69, 9.17) is 37.5 Å². The second-order valence-electron chi connectivity index (χ2n) is 10.6. The largest absolute Gasteiger partial charge is 0.497 e. The Kier molecular flexibility index (Phi) is 11.5. The molecule has 17 heteroatoms. The molecule has 0 saturated carbocycles. The highest BCUT2D eigenvalue weighted by Crippen LogP contribution is 2.30. The van der Waals surface area contributed by atoms with Crippen molar-refractivity contribution in [3.05, 3.63) is 101 Å². The number of carbonyl (C=O) groups is 2. The van der Waals surface area contributed by atoms with Crippen molar-refractivity contribution >= 4 is 39.0 Å². The Morgan fingerprint density at radius 2 is 1.67 bits per heavy atom. The van der Waals surface area contributed by atoms with Crippen LogP contribution in [-0.4, -0.2) is 68.0 Å². The van der Waals surface area contributed by atoms with Crippen LogP contribution in [0.15, 0.2) is 83.9 Å². The molecule has 3 aromatic heterocycles. The van der Waals surface area contributed by atoms with Gasteiger partial charge in [-0.3, -0.25) is 33.2 Å². The standard InChI is InChI=1S/C32H32N6O6.H2O4S/c1-19(43-32(41)20(2)33)18-37-21(3)29(31(40)38(37)22-8-6-5-7-9-22)30(39)36-28-13-11-24(17-35-28)44-27-14-15-34-26-16-23(42-4)10-12-25(26)27;1-5(2,3)4/h5-17,19-20H,18,33H2,1-4H3,(H,35,36,39);(H2,1,2,3,4)/t19-,20?;/m0./s1. The van der Waals surface area contributed by atoms with Crippen molar-refractivity contribution in [3.8, 4) is 22.9 Å². The third-order valence-electron chi connectivity index (χ3n) is 6.86. The van der Waals surface area contributed by atoms with Gasteiger partial charge in [0.05, 0.1) is 36.7 Å². The van der Waals surface area contributed by atoms with Crippen molar-refractivity contribution in [2.75, 3.05) is 12.4 Å². The predicted octanol–water partition coefficient (Wildman–Crippen LogP) is 3.57. The van der Waals surface area contributed by atoms with Crippen molar-refractivity contribution in [2.45, 2.75) is 39.5 Å². The molecule has 258 valence electrons. The number of nitrogens with zero attached hydrogens (tertiary/aromatic N) is 4. The summed E-state index contributed by atoms with van der Waals surface area (Å²) < 4.78 is 51.3. The van der Waals surface area contributed by atoms with Crippen LogP contribution in [0.1, 0.15) is 29.9 Å². The van der Waals surface area contributed by atoms with Gasteiger partial charge in [-0.05, 0) is 63.2 Å². The highest BCUT2D eigenvalue weighted by molar-refractivity contribution is 7.79. The Labute approximate surface area is 280 Å². The molecular weight excluding hydrogens is 660 g/mol. The number of rotatable bonds is 10. The highest BCUT2D eigenvalue weighted by atomic mass is 32.3. The topological polar surface area (TPSA) is 227 Å². The molecule has 5 aromatic rings. The van der Waals surface area contributed by atoms with Gasteiger partial charge >= 0.3 is 16.4 Å². The molecule has 0 aliphatic rings. The van der Waals surface area contributed by atoms with Gasteiger partial charge in [-0.25, -0.2) is 9.67 Å². The van der Waals surface area contributed by atoms with Crippen LogP contribution < -0.4 is 26.1 Å². The zero-order chi connectivity index (χ0) is 35.9. The number of esters is 1. The van der Waals surface area contributed by atoms with Gasteiger partial charge in [-0.15, -0.1) is 0 Å². The van der Waals surface area contributed by atoms with Gasteiger partial charge in [-0.1, -0.05) is 18.2 Å². The Balaban J connectivity index is 0.00000101. The maximum absolute atomic E-state index is 13.7. The van der Waals surface area contributed by atoms with E-state index in [2.05, 4.69) is 15.3 Å². The SMILES string of the molecule is COc1ccc2c(Oc3ccc(NC(=O)c4c(C)n(C[C@H](C)OC(=O)C(C)N)n(-c5ccccc5)c4=O)nc3)ccnc2c1.O=S(=O)(O)O. The molecule has 49 heavy (non-hydrogen) atoms. The fraction of sp³-hybridized carbons (Fsp3) is 0.219. The maximum Gasteiger partial charge on any atom is 0.394 e. The summed E-state index contributed by atoms with van der Waals surface area (Å²) in [5.41, 5.74) is 6.69. The summed E-state index contributed by atoms with van der Waals surface area (Å²) in [6, 6.07) is 18.6. The zero-order valence-electron chi connectivity index (χ0n) is 26.8. The number of methoxy groups -OCH3 is 1. The molecule has 1 unspecified atom stereocenters. The minimum Gasteiger partial charge on any atom is -0.497 e. The minimum absolute atomic E-state index is 0.0691. The lowest BCUT2D eigenvalue weighted by atomic mass is 10.2. The first kappa shape index (κ1) is 36.2. The zero-order valence-corrected chi connectivity index (χ0v) is 27.6. The second-order valence-corrected chi connectivity index (χ2v) is 11.5. The molecule has 3 heterocycles. The van der Waals surface area contributed by atoms with E-state index < -0.39 is 40.0 Å². The van der Waals surface area contributed by atoms with Crippen LogP contribution in [-0.2, 0) is 26.5 Å². The molecule has 0 spiro atoms. The summed E-state index contributed by atoms with van der Waals surface area (Å²) in [7, 11) is -3.08. The summed E-state index contributed by atoms with van der Waals surface area (Å²) >= 11 is 0. The number of nitrogens with two attached hydrogens (primary N) is 1. The molecule has 5 rings (SSSR count). The van der Waals surface area contributed by atoms with Crippen LogP contribution in [0.2, 0.25) is 0 Å². The first-order valence-corrected chi connectivity index (χ1v) is 16.0. The number of benzene rings is 2. The first-order chi connectivity index (χ1) is 23.2. The first-order valence-electron chi connectivity index (χ1n) is 14.6.